The fourth-order valence-corrected chi connectivity index (χ4v) is 5.15. The van der Waals surface area contributed by atoms with E-state index in [-0.39, 0.29) is 23.9 Å². The van der Waals surface area contributed by atoms with Crippen molar-refractivity contribution in [3.05, 3.63) is 71.8 Å². The number of carbonyl (C=O) groups excluding carboxylic acids is 2. The second-order valence-electron chi connectivity index (χ2n) is 15.4. The second-order valence-corrected chi connectivity index (χ2v) is 15.4. The Hall–Kier alpha value is -2.78. The van der Waals surface area contributed by atoms with Crippen LogP contribution in [0.5, 0.6) is 0 Å². The number of hydroxylamine groups is 4. The highest BCUT2D eigenvalue weighted by atomic mass is 16.8. The zero-order valence-corrected chi connectivity index (χ0v) is 30.1. The van der Waals surface area contributed by atoms with E-state index in [0.717, 1.165) is 11.1 Å². The van der Waals surface area contributed by atoms with E-state index >= 15 is 0 Å². The molecule has 0 saturated carbocycles. The third-order valence-electron chi connectivity index (χ3n) is 7.39. The molecule has 0 amide bonds. The molecule has 8 nitrogen and oxygen atoms in total. The van der Waals surface area contributed by atoms with Crippen LogP contribution in [0.4, 0.5) is 0 Å². The van der Waals surface area contributed by atoms with Gasteiger partial charge in [0.2, 0.25) is 6.79 Å². The standard InChI is InChI=1S/C37H58N2O6/c1-26(2)30(28-21-17-15-18-22-28)38(34(5,6)7)44-36(11,12)32(40)42-25-43-33(41)37(13,14)45-39(35(8,9)10)31(27(3)4)29-23-19-16-20-24-29/h15-24,26-27,30-31H,25H2,1-14H3. The van der Waals surface area contributed by atoms with Gasteiger partial charge in [0.05, 0.1) is 12.1 Å². The molecular formula is C37H58N2O6. The van der Waals surface area contributed by atoms with E-state index in [1.54, 1.807) is 27.7 Å². The first-order chi connectivity index (χ1) is 20.6. The third kappa shape index (κ3) is 10.6. The lowest BCUT2D eigenvalue weighted by molar-refractivity contribution is -0.304. The van der Waals surface area contributed by atoms with Gasteiger partial charge in [0.25, 0.3) is 0 Å². The number of ether oxygens (including phenoxy) is 2. The molecule has 2 aromatic rings. The first-order valence-corrected chi connectivity index (χ1v) is 16.0. The Kier molecular flexibility index (Phi) is 13.0. The number of benzene rings is 2. The zero-order valence-electron chi connectivity index (χ0n) is 30.1. The zero-order chi connectivity index (χ0) is 34.4. The molecule has 0 heterocycles. The van der Waals surface area contributed by atoms with E-state index in [0.29, 0.717) is 0 Å². The Morgan fingerprint density at radius 2 is 0.844 bits per heavy atom. The van der Waals surface area contributed by atoms with E-state index in [1.165, 1.54) is 0 Å². The highest BCUT2D eigenvalue weighted by Crippen LogP contribution is 2.38. The third-order valence-corrected chi connectivity index (χ3v) is 7.39. The fourth-order valence-electron chi connectivity index (χ4n) is 5.15. The summed E-state index contributed by atoms with van der Waals surface area (Å²) in [7, 11) is 0. The van der Waals surface area contributed by atoms with Gasteiger partial charge in [0.1, 0.15) is 0 Å². The fraction of sp³-hybridized carbons (Fsp3) is 0.622. The molecule has 0 fully saturated rings. The van der Waals surface area contributed by atoms with Gasteiger partial charge >= 0.3 is 11.9 Å². The topological polar surface area (TPSA) is 77.5 Å². The van der Waals surface area contributed by atoms with Crippen molar-refractivity contribution in [2.45, 2.75) is 131 Å². The van der Waals surface area contributed by atoms with Crippen LogP contribution < -0.4 is 0 Å². The lowest BCUT2D eigenvalue weighted by atomic mass is 9.92. The summed E-state index contributed by atoms with van der Waals surface area (Å²) in [5, 5.41) is 3.74. The van der Waals surface area contributed by atoms with E-state index in [1.807, 2.05) is 88.1 Å². The average molecular weight is 627 g/mol. The molecule has 0 radical (unpaired) electrons. The molecule has 2 unspecified atom stereocenters. The van der Waals surface area contributed by atoms with Crippen molar-refractivity contribution in [1.29, 1.82) is 0 Å². The summed E-state index contributed by atoms with van der Waals surface area (Å²) in [5.41, 5.74) is -1.45. The Morgan fingerprint density at radius 3 is 1.09 bits per heavy atom. The van der Waals surface area contributed by atoms with Crippen molar-refractivity contribution in [2.75, 3.05) is 6.79 Å². The van der Waals surface area contributed by atoms with Crippen LogP contribution in [0, 0.1) is 11.8 Å². The molecule has 2 aromatic carbocycles. The number of rotatable bonds is 14. The quantitative estimate of drug-likeness (QED) is 0.117. The van der Waals surface area contributed by atoms with Crippen LogP contribution >= 0.6 is 0 Å². The summed E-state index contributed by atoms with van der Waals surface area (Å²) in [5.74, 6) is -0.934. The van der Waals surface area contributed by atoms with E-state index in [9.17, 15) is 9.59 Å². The van der Waals surface area contributed by atoms with Gasteiger partial charge in [0, 0.05) is 11.1 Å². The predicted molar refractivity (Wildman–Crippen MR) is 179 cm³/mol. The lowest BCUT2D eigenvalue weighted by Gasteiger charge is -2.45. The minimum atomic E-state index is -1.36. The number of hydrogen-bond acceptors (Lipinski definition) is 8. The molecular weight excluding hydrogens is 568 g/mol. The van der Waals surface area contributed by atoms with Gasteiger partial charge < -0.3 is 9.47 Å². The van der Waals surface area contributed by atoms with Gasteiger partial charge in [-0.25, -0.2) is 9.59 Å². The maximum absolute atomic E-state index is 13.3. The number of nitrogens with zero attached hydrogens (tertiary/aromatic N) is 2. The number of carbonyl (C=O) groups is 2. The average Bonchev–Trinajstić information content (AvgIpc) is 2.91. The van der Waals surface area contributed by atoms with Crippen molar-refractivity contribution in [3.63, 3.8) is 0 Å². The molecule has 0 N–H and O–H groups in total. The van der Waals surface area contributed by atoms with Crippen LogP contribution in [0.3, 0.4) is 0 Å². The largest absolute Gasteiger partial charge is 0.426 e. The van der Waals surface area contributed by atoms with Crippen LogP contribution in [0.1, 0.15) is 120 Å². The smallest absolute Gasteiger partial charge is 0.342 e. The molecule has 0 aliphatic rings. The molecule has 0 aromatic heterocycles. The van der Waals surface area contributed by atoms with Crippen molar-refractivity contribution < 1.29 is 28.7 Å². The maximum Gasteiger partial charge on any atom is 0.342 e. The van der Waals surface area contributed by atoms with Gasteiger partial charge in [-0.2, -0.15) is 10.1 Å². The molecule has 2 atom stereocenters. The summed E-state index contributed by atoms with van der Waals surface area (Å²) in [6, 6.07) is 19.9. The van der Waals surface area contributed by atoms with Crippen molar-refractivity contribution >= 4 is 11.9 Å². The van der Waals surface area contributed by atoms with E-state index in [2.05, 4.69) is 52.0 Å². The van der Waals surface area contributed by atoms with Crippen molar-refractivity contribution in [1.82, 2.24) is 10.1 Å². The predicted octanol–water partition coefficient (Wildman–Crippen LogP) is 8.45. The molecule has 0 aliphatic carbocycles. The highest BCUT2D eigenvalue weighted by Gasteiger charge is 2.43. The molecule has 0 aliphatic heterocycles. The molecule has 0 bridgehead atoms. The monoisotopic (exact) mass is 626 g/mol. The van der Waals surface area contributed by atoms with E-state index < -0.39 is 41.0 Å². The van der Waals surface area contributed by atoms with Crippen LogP contribution in [-0.4, -0.2) is 51.1 Å². The van der Waals surface area contributed by atoms with Crippen LogP contribution in [0.15, 0.2) is 60.7 Å². The summed E-state index contributed by atoms with van der Waals surface area (Å²) >= 11 is 0. The first kappa shape index (κ1) is 38.4. The highest BCUT2D eigenvalue weighted by molar-refractivity contribution is 5.80. The van der Waals surface area contributed by atoms with Gasteiger partial charge in [-0.1, -0.05) is 88.4 Å². The lowest BCUT2D eigenvalue weighted by Crippen LogP contribution is -2.53. The van der Waals surface area contributed by atoms with Crippen LogP contribution in [0.2, 0.25) is 0 Å². The Bertz CT molecular complexity index is 1120. The Balaban J connectivity index is 2.15. The summed E-state index contributed by atoms with van der Waals surface area (Å²) in [6.45, 7) is 26.8. The summed E-state index contributed by atoms with van der Waals surface area (Å²) in [4.78, 5) is 39.5. The van der Waals surface area contributed by atoms with Gasteiger partial charge in [-0.3, -0.25) is 9.68 Å². The Morgan fingerprint density at radius 1 is 0.556 bits per heavy atom. The Labute approximate surface area is 272 Å². The van der Waals surface area contributed by atoms with Crippen molar-refractivity contribution in [2.24, 2.45) is 11.8 Å². The van der Waals surface area contributed by atoms with E-state index in [4.69, 9.17) is 19.1 Å². The van der Waals surface area contributed by atoms with Gasteiger partial charge in [-0.05, 0) is 92.2 Å². The molecule has 252 valence electrons. The second kappa shape index (κ2) is 15.2. The molecule has 2 rings (SSSR count). The summed E-state index contributed by atoms with van der Waals surface area (Å²) in [6.07, 6.45) is 0. The normalized spacial score (nSPS) is 14.6. The molecule has 0 saturated heterocycles. The molecule has 8 heteroatoms. The van der Waals surface area contributed by atoms with Crippen LogP contribution in [0.25, 0.3) is 0 Å². The minimum Gasteiger partial charge on any atom is -0.426 e. The SMILES string of the molecule is CC(C)C(c1ccccc1)N(OC(C)(C)C(=O)OCOC(=O)C(C)(C)ON(C(c1ccccc1)C(C)C)C(C)(C)C)C(C)(C)C. The molecule has 45 heavy (non-hydrogen) atoms. The minimum absolute atomic E-state index is 0.120. The van der Waals surface area contributed by atoms with Crippen molar-refractivity contribution in [3.8, 4) is 0 Å². The number of esters is 2. The summed E-state index contributed by atoms with van der Waals surface area (Å²) < 4.78 is 10.9. The van der Waals surface area contributed by atoms with Crippen LogP contribution in [-0.2, 0) is 28.7 Å². The van der Waals surface area contributed by atoms with Gasteiger partial charge in [-0.15, -0.1) is 0 Å². The first-order valence-electron chi connectivity index (χ1n) is 16.0. The number of hydrogen-bond donors (Lipinski definition) is 0. The molecule has 0 spiro atoms. The maximum atomic E-state index is 13.3. The van der Waals surface area contributed by atoms with Gasteiger partial charge in [0.15, 0.2) is 11.2 Å².